The van der Waals surface area contributed by atoms with E-state index in [9.17, 15) is 0 Å². The van der Waals surface area contributed by atoms with E-state index in [-0.39, 0.29) is 6.10 Å². The molecule has 3 aromatic rings. The molecule has 0 amide bonds. The van der Waals surface area contributed by atoms with E-state index in [1.807, 2.05) is 12.1 Å². The monoisotopic (exact) mass is 345 g/mol. The molecule has 3 rings (SSSR count). The third-order valence-electron chi connectivity index (χ3n) is 4.60. The summed E-state index contributed by atoms with van der Waals surface area (Å²) in [4.78, 5) is 2.35. The van der Waals surface area contributed by atoms with Crippen LogP contribution in [0.3, 0.4) is 0 Å². The van der Waals surface area contributed by atoms with Gasteiger partial charge in [-0.2, -0.15) is 0 Å². The Bertz CT molecular complexity index is 786. The number of aryl methyl sites for hydroxylation is 1. The van der Waals surface area contributed by atoms with Crippen LogP contribution in [-0.4, -0.2) is 18.5 Å². The molecule has 0 spiro atoms. The highest BCUT2D eigenvalue weighted by atomic mass is 16.5. The minimum absolute atomic E-state index is 0.0514. The minimum atomic E-state index is 0.0514. The van der Waals surface area contributed by atoms with Gasteiger partial charge in [-0.05, 0) is 36.7 Å². The Morgan fingerprint density at radius 3 is 2.12 bits per heavy atom. The smallest absolute Gasteiger partial charge is 0.125 e. The van der Waals surface area contributed by atoms with Gasteiger partial charge >= 0.3 is 0 Å². The maximum Gasteiger partial charge on any atom is 0.125 e. The van der Waals surface area contributed by atoms with Crippen molar-refractivity contribution in [1.29, 1.82) is 0 Å². The Kier molecular flexibility index (Phi) is 6.45. The summed E-state index contributed by atoms with van der Waals surface area (Å²) in [6, 6.07) is 29.4. The molecule has 3 aromatic carbocycles. The molecule has 0 aliphatic rings. The molecule has 0 aromatic heterocycles. The number of benzene rings is 3. The van der Waals surface area contributed by atoms with E-state index in [4.69, 9.17) is 4.74 Å². The average molecular weight is 345 g/mol. The van der Waals surface area contributed by atoms with Crippen LogP contribution in [-0.2, 0) is 6.54 Å². The Morgan fingerprint density at radius 2 is 1.42 bits per heavy atom. The number of ether oxygens (including phenoxy) is 1. The molecule has 2 nitrogen and oxygen atoms in total. The lowest BCUT2D eigenvalue weighted by Gasteiger charge is -2.24. The lowest BCUT2D eigenvalue weighted by atomic mass is 10.1. The topological polar surface area (TPSA) is 12.5 Å². The second-order valence-electron chi connectivity index (χ2n) is 6.79. The molecule has 1 atom stereocenters. The highest BCUT2D eigenvalue weighted by molar-refractivity contribution is 5.33. The molecule has 0 aliphatic heterocycles. The summed E-state index contributed by atoms with van der Waals surface area (Å²) in [6.45, 7) is 4.02. The van der Waals surface area contributed by atoms with E-state index in [2.05, 4.69) is 91.7 Å². The second-order valence-corrected chi connectivity index (χ2v) is 6.79. The Hall–Kier alpha value is -2.58. The number of rotatable bonds is 8. The van der Waals surface area contributed by atoms with Gasteiger partial charge in [-0.3, -0.25) is 0 Å². The summed E-state index contributed by atoms with van der Waals surface area (Å²) in [7, 11) is 2.17. The van der Waals surface area contributed by atoms with E-state index < -0.39 is 0 Å². The molecule has 0 unspecified atom stereocenters. The van der Waals surface area contributed by atoms with Crippen LogP contribution in [0, 0.1) is 6.92 Å². The number of hydrogen-bond donors (Lipinski definition) is 0. The molecule has 0 saturated carbocycles. The van der Waals surface area contributed by atoms with E-state index >= 15 is 0 Å². The van der Waals surface area contributed by atoms with Crippen molar-refractivity contribution < 1.29 is 4.74 Å². The van der Waals surface area contributed by atoms with Crippen molar-refractivity contribution in [2.45, 2.75) is 26.0 Å². The van der Waals surface area contributed by atoms with Crippen molar-refractivity contribution in [1.82, 2.24) is 4.90 Å². The van der Waals surface area contributed by atoms with Crippen LogP contribution in [0.25, 0.3) is 0 Å². The first-order chi connectivity index (χ1) is 12.7. The second kappa shape index (κ2) is 9.21. The van der Waals surface area contributed by atoms with Crippen molar-refractivity contribution in [3.8, 4) is 5.75 Å². The quantitative estimate of drug-likeness (QED) is 0.524. The summed E-state index contributed by atoms with van der Waals surface area (Å²) < 4.78 is 6.41. The van der Waals surface area contributed by atoms with Gasteiger partial charge in [0, 0.05) is 19.5 Å². The molecular formula is C24H27NO. The van der Waals surface area contributed by atoms with E-state index in [1.54, 1.807) is 0 Å². The SMILES string of the molecule is Cc1ccccc1O[C@@H](CCN(C)Cc1ccccc1)c1ccccc1. The van der Waals surface area contributed by atoms with Crippen LogP contribution >= 0.6 is 0 Å². The van der Waals surface area contributed by atoms with E-state index in [0.717, 1.165) is 25.3 Å². The fraction of sp³-hybridized carbons (Fsp3) is 0.250. The van der Waals surface area contributed by atoms with Gasteiger partial charge in [-0.25, -0.2) is 0 Å². The summed E-state index contributed by atoms with van der Waals surface area (Å²) in [5.74, 6) is 0.965. The van der Waals surface area contributed by atoms with Crippen LogP contribution < -0.4 is 4.74 Å². The number of nitrogens with zero attached hydrogens (tertiary/aromatic N) is 1. The largest absolute Gasteiger partial charge is 0.485 e. The molecule has 134 valence electrons. The van der Waals surface area contributed by atoms with Crippen molar-refractivity contribution in [3.63, 3.8) is 0 Å². The molecule has 0 fully saturated rings. The number of para-hydroxylation sites is 1. The normalized spacial score (nSPS) is 12.1. The summed E-state index contributed by atoms with van der Waals surface area (Å²) >= 11 is 0. The first-order valence-corrected chi connectivity index (χ1v) is 9.22. The zero-order chi connectivity index (χ0) is 18.2. The van der Waals surface area contributed by atoms with Crippen LogP contribution in [0.1, 0.15) is 29.2 Å². The van der Waals surface area contributed by atoms with Gasteiger partial charge in [0.05, 0.1) is 0 Å². The Labute approximate surface area is 157 Å². The zero-order valence-corrected chi connectivity index (χ0v) is 15.6. The highest BCUT2D eigenvalue weighted by Gasteiger charge is 2.15. The zero-order valence-electron chi connectivity index (χ0n) is 15.6. The summed E-state index contributed by atoms with van der Waals surface area (Å²) in [6.07, 6.45) is 0.998. The van der Waals surface area contributed by atoms with Gasteiger partial charge in [0.25, 0.3) is 0 Å². The lowest BCUT2D eigenvalue weighted by molar-refractivity contribution is 0.170. The first kappa shape index (κ1) is 18.2. The summed E-state index contributed by atoms with van der Waals surface area (Å²) in [5.41, 5.74) is 3.74. The van der Waals surface area contributed by atoms with Gasteiger partial charge in [-0.1, -0.05) is 78.9 Å². The van der Waals surface area contributed by atoms with Crippen molar-refractivity contribution >= 4 is 0 Å². The third-order valence-corrected chi connectivity index (χ3v) is 4.60. The maximum atomic E-state index is 6.41. The minimum Gasteiger partial charge on any atom is -0.485 e. The molecule has 26 heavy (non-hydrogen) atoms. The standard InChI is InChI=1S/C24H27NO/c1-20-11-9-10-16-23(20)26-24(22-14-7-4-8-15-22)17-18-25(2)19-21-12-5-3-6-13-21/h3-16,24H,17-19H2,1-2H3/t24-/m0/s1. The number of hydrogen-bond acceptors (Lipinski definition) is 2. The van der Waals surface area contributed by atoms with Crippen molar-refractivity contribution in [2.75, 3.05) is 13.6 Å². The molecule has 0 heterocycles. The molecule has 0 bridgehead atoms. The predicted molar refractivity (Wildman–Crippen MR) is 108 cm³/mol. The molecule has 0 N–H and O–H groups in total. The Morgan fingerprint density at radius 1 is 0.808 bits per heavy atom. The molecular weight excluding hydrogens is 318 g/mol. The van der Waals surface area contributed by atoms with Gasteiger partial charge in [0.2, 0.25) is 0 Å². The first-order valence-electron chi connectivity index (χ1n) is 9.22. The maximum absolute atomic E-state index is 6.41. The lowest BCUT2D eigenvalue weighted by Crippen LogP contribution is -2.22. The molecule has 0 saturated heterocycles. The predicted octanol–water partition coefficient (Wildman–Crippen LogP) is 5.64. The van der Waals surface area contributed by atoms with Gasteiger partial charge in [0.1, 0.15) is 11.9 Å². The van der Waals surface area contributed by atoms with E-state index in [0.29, 0.717) is 0 Å². The van der Waals surface area contributed by atoms with Gasteiger partial charge < -0.3 is 9.64 Å². The fourth-order valence-electron chi connectivity index (χ4n) is 3.12. The van der Waals surface area contributed by atoms with Gasteiger partial charge in [0.15, 0.2) is 0 Å². The summed E-state index contributed by atoms with van der Waals surface area (Å²) in [5, 5.41) is 0. The van der Waals surface area contributed by atoms with Crippen LogP contribution in [0.5, 0.6) is 5.75 Å². The molecule has 0 radical (unpaired) electrons. The fourth-order valence-corrected chi connectivity index (χ4v) is 3.12. The van der Waals surface area contributed by atoms with Crippen LogP contribution in [0.4, 0.5) is 0 Å². The van der Waals surface area contributed by atoms with Crippen molar-refractivity contribution in [2.24, 2.45) is 0 Å². The third kappa shape index (κ3) is 5.21. The average Bonchev–Trinajstić information content (AvgIpc) is 2.68. The van der Waals surface area contributed by atoms with Gasteiger partial charge in [-0.15, -0.1) is 0 Å². The highest BCUT2D eigenvalue weighted by Crippen LogP contribution is 2.27. The molecule has 2 heteroatoms. The van der Waals surface area contributed by atoms with Crippen molar-refractivity contribution in [3.05, 3.63) is 102 Å². The van der Waals surface area contributed by atoms with Crippen LogP contribution in [0.15, 0.2) is 84.9 Å². The Balaban J connectivity index is 1.67. The van der Waals surface area contributed by atoms with Crippen LogP contribution in [0.2, 0.25) is 0 Å². The van der Waals surface area contributed by atoms with E-state index in [1.165, 1.54) is 16.7 Å². The molecule has 0 aliphatic carbocycles.